The first-order valence-corrected chi connectivity index (χ1v) is 10.0. The molecule has 152 valence electrons. The summed E-state index contributed by atoms with van der Waals surface area (Å²) >= 11 is 0. The highest BCUT2D eigenvalue weighted by Crippen LogP contribution is 2.26. The number of nitrogen functional groups attached to an aromatic ring is 1. The van der Waals surface area contributed by atoms with Crippen LogP contribution in [0.1, 0.15) is 0 Å². The van der Waals surface area contributed by atoms with Gasteiger partial charge in [-0.25, -0.2) is 15.0 Å². The Labute approximate surface area is 175 Å². The lowest BCUT2D eigenvalue weighted by Crippen LogP contribution is -2.45. The van der Waals surface area contributed by atoms with E-state index in [4.69, 9.17) is 5.84 Å². The average molecular weight is 400 g/mol. The Morgan fingerprint density at radius 3 is 2.27 bits per heavy atom. The highest BCUT2D eigenvalue weighted by Gasteiger charge is 2.16. The van der Waals surface area contributed by atoms with Crippen LogP contribution in [0, 0.1) is 0 Å². The largest absolute Gasteiger partial charge is 0.338 e. The minimum absolute atomic E-state index is 0.798. The van der Waals surface area contributed by atoms with Gasteiger partial charge in [0.15, 0.2) is 0 Å². The summed E-state index contributed by atoms with van der Waals surface area (Å²) in [6.07, 6.45) is 7.72. The average Bonchev–Trinajstić information content (AvgIpc) is 3.23. The zero-order valence-electron chi connectivity index (χ0n) is 16.9. The smallest absolute Gasteiger partial charge is 0.225 e. The summed E-state index contributed by atoms with van der Waals surface area (Å²) in [4.78, 5) is 18.4. The molecule has 0 saturated carbocycles. The van der Waals surface area contributed by atoms with E-state index in [0.29, 0.717) is 0 Å². The van der Waals surface area contributed by atoms with Gasteiger partial charge in [-0.2, -0.15) is 0 Å². The normalized spacial score (nSPS) is 14.9. The topological polar surface area (TPSA) is 87.6 Å². The van der Waals surface area contributed by atoms with Crippen molar-refractivity contribution in [3.63, 3.8) is 0 Å². The lowest BCUT2D eigenvalue weighted by atomic mass is 10.1. The van der Waals surface area contributed by atoms with Crippen LogP contribution in [-0.2, 0) is 0 Å². The van der Waals surface area contributed by atoms with Crippen LogP contribution in [0.3, 0.4) is 0 Å². The number of fused-ring (bicyclic) bond motifs is 1. The van der Waals surface area contributed by atoms with Crippen molar-refractivity contribution in [2.45, 2.75) is 0 Å². The molecular formula is C22H24N8. The summed E-state index contributed by atoms with van der Waals surface area (Å²) in [6.45, 7) is 3.99. The van der Waals surface area contributed by atoms with E-state index >= 15 is 0 Å². The van der Waals surface area contributed by atoms with Crippen molar-refractivity contribution in [2.24, 2.45) is 5.84 Å². The number of imidazole rings is 1. The Kier molecular flexibility index (Phi) is 4.78. The van der Waals surface area contributed by atoms with Crippen LogP contribution in [0.25, 0.3) is 28.0 Å². The Morgan fingerprint density at radius 1 is 0.833 bits per heavy atom. The minimum atomic E-state index is 0.798. The van der Waals surface area contributed by atoms with E-state index in [2.05, 4.69) is 53.8 Å². The summed E-state index contributed by atoms with van der Waals surface area (Å²) in [5, 5.41) is 0. The molecule has 5 rings (SSSR count). The zero-order valence-corrected chi connectivity index (χ0v) is 16.9. The van der Waals surface area contributed by atoms with Gasteiger partial charge in [0, 0.05) is 61.6 Å². The van der Waals surface area contributed by atoms with Crippen molar-refractivity contribution in [1.29, 1.82) is 0 Å². The van der Waals surface area contributed by atoms with Crippen molar-refractivity contribution in [1.82, 2.24) is 24.3 Å². The van der Waals surface area contributed by atoms with Crippen molar-refractivity contribution in [2.75, 3.05) is 43.6 Å². The van der Waals surface area contributed by atoms with Gasteiger partial charge in [-0.3, -0.25) is 10.2 Å². The molecule has 3 N–H and O–H groups in total. The third kappa shape index (κ3) is 3.47. The number of piperazine rings is 1. The van der Waals surface area contributed by atoms with Gasteiger partial charge in [0.2, 0.25) is 5.95 Å². The molecular weight excluding hydrogens is 376 g/mol. The molecule has 1 fully saturated rings. The van der Waals surface area contributed by atoms with Crippen LogP contribution in [-0.4, -0.2) is 57.5 Å². The third-order valence-corrected chi connectivity index (χ3v) is 5.62. The lowest BCUT2D eigenvalue weighted by molar-refractivity contribution is 0.311. The Bertz CT molecular complexity index is 1140. The second kappa shape index (κ2) is 7.74. The molecule has 1 aliphatic heterocycles. The van der Waals surface area contributed by atoms with Crippen molar-refractivity contribution in [3.8, 4) is 22.4 Å². The van der Waals surface area contributed by atoms with Crippen molar-refractivity contribution in [3.05, 3.63) is 61.2 Å². The van der Waals surface area contributed by atoms with E-state index in [1.807, 2.05) is 49.1 Å². The number of anilines is 2. The maximum atomic E-state index is 5.46. The summed E-state index contributed by atoms with van der Waals surface area (Å²) < 4.78 is 2.08. The van der Waals surface area contributed by atoms with Crippen LogP contribution < -0.4 is 16.2 Å². The number of hydrogen-bond donors (Lipinski definition) is 2. The number of rotatable bonds is 4. The highest BCUT2D eigenvalue weighted by atomic mass is 15.3. The SMILES string of the molecule is CN1CCN(c2ncc(-c3ccn4c(-c5ccc(NN)cc5)cnc4c3)cn2)CC1. The fourth-order valence-electron chi connectivity index (χ4n) is 3.75. The number of benzene rings is 1. The van der Waals surface area contributed by atoms with E-state index in [0.717, 1.165) is 65.8 Å². The van der Waals surface area contributed by atoms with Crippen LogP contribution >= 0.6 is 0 Å². The van der Waals surface area contributed by atoms with E-state index in [1.165, 1.54) is 0 Å². The standard InChI is InChI=1S/C22H24N8/c1-28-8-10-29(11-9-28)22-25-13-18(14-26-22)17-6-7-30-20(15-24-21(30)12-17)16-2-4-19(27-23)5-3-16/h2-7,12-15,27H,8-11,23H2,1H3. The monoisotopic (exact) mass is 400 g/mol. The van der Waals surface area contributed by atoms with Gasteiger partial charge in [-0.15, -0.1) is 0 Å². The predicted molar refractivity (Wildman–Crippen MR) is 119 cm³/mol. The molecule has 0 aliphatic carbocycles. The number of aromatic nitrogens is 4. The first-order chi connectivity index (χ1) is 14.7. The molecule has 1 aliphatic rings. The van der Waals surface area contributed by atoms with Gasteiger partial charge in [-0.1, -0.05) is 12.1 Å². The summed E-state index contributed by atoms with van der Waals surface area (Å²) in [5.41, 5.74) is 8.54. The Balaban J connectivity index is 1.40. The molecule has 1 aromatic carbocycles. The quantitative estimate of drug-likeness (QED) is 0.402. The second-order valence-electron chi connectivity index (χ2n) is 7.57. The van der Waals surface area contributed by atoms with E-state index in [9.17, 15) is 0 Å². The van der Waals surface area contributed by atoms with Gasteiger partial charge >= 0.3 is 0 Å². The number of hydrazine groups is 1. The van der Waals surface area contributed by atoms with Gasteiger partial charge in [0.25, 0.3) is 0 Å². The number of nitrogens with two attached hydrogens (primary N) is 1. The molecule has 0 unspecified atom stereocenters. The number of likely N-dealkylation sites (N-methyl/N-ethyl adjacent to an activating group) is 1. The molecule has 4 heterocycles. The molecule has 0 spiro atoms. The fraction of sp³-hybridized carbons (Fsp3) is 0.227. The maximum absolute atomic E-state index is 5.46. The molecule has 3 aromatic heterocycles. The maximum Gasteiger partial charge on any atom is 0.225 e. The van der Waals surface area contributed by atoms with Crippen LogP contribution in [0.2, 0.25) is 0 Å². The predicted octanol–water partition coefficient (Wildman–Crippen LogP) is 2.50. The third-order valence-electron chi connectivity index (χ3n) is 5.62. The molecule has 0 bridgehead atoms. The van der Waals surface area contributed by atoms with Gasteiger partial charge < -0.3 is 15.2 Å². The summed E-state index contributed by atoms with van der Waals surface area (Å²) in [7, 11) is 2.14. The van der Waals surface area contributed by atoms with Gasteiger partial charge in [-0.05, 0) is 36.9 Å². The first kappa shape index (κ1) is 18.5. The van der Waals surface area contributed by atoms with Gasteiger partial charge in [0.1, 0.15) is 5.65 Å². The van der Waals surface area contributed by atoms with Crippen LogP contribution in [0.4, 0.5) is 11.6 Å². The number of nitrogens with zero attached hydrogens (tertiary/aromatic N) is 6. The molecule has 0 radical (unpaired) electrons. The molecule has 0 atom stereocenters. The number of hydrogen-bond acceptors (Lipinski definition) is 7. The van der Waals surface area contributed by atoms with Crippen molar-refractivity contribution < 1.29 is 0 Å². The zero-order chi connectivity index (χ0) is 20.5. The summed E-state index contributed by atoms with van der Waals surface area (Å²) in [5.74, 6) is 6.25. The highest BCUT2D eigenvalue weighted by molar-refractivity contribution is 5.71. The fourth-order valence-corrected chi connectivity index (χ4v) is 3.75. The lowest BCUT2D eigenvalue weighted by Gasteiger charge is -2.32. The number of pyridine rings is 1. The van der Waals surface area contributed by atoms with E-state index in [1.54, 1.807) is 0 Å². The van der Waals surface area contributed by atoms with E-state index < -0.39 is 0 Å². The Hall–Kier alpha value is -3.49. The molecule has 0 amide bonds. The Morgan fingerprint density at radius 2 is 1.57 bits per heavy atom. The first-order valence-electron chi connectivity index (χ1n) is 10.0. The molecule has 8 heteroatoms. The second-order valence-corrected chi connectivity index (χ2v) is 7.57. The number of nitrogens with one attached hydrogen (secondary N) is 1. The minimum Gasteiger partial charge on any atom is -0.338 e. The molecule has 4 aromatic rings. The molecule has 30 heavy (non-hydrogen) atoms. The summed E-state index contributed by atoms with van der Waals surface area (Å²) in [6, 6.07) is 12.1. The van der Waals surface area contributed by atoms with Crippen molar-refractivity contribution >= 4 is 17.3 Å². The van der Waals surface area contributed by atoms with Crippen LogP contribution in [0.15, 0.2) is 61.2 Å². The van der Waals surface area contributed by atoms with E-state index in [-0.39, 0.29) is 0 Å². The van der Waals surface area contributed by atoms with Gasteiger partial charge in [0.05, 0.1) is 11.9 Å². The molecule has 8 nitrogen and oxygen atoms in total. The molecule has 1 saturated heterocycles. The van der Waals surface area contributed by atoms with Crippen LogP contribution in [0.5, 0.6) is 0 Å².